The molecule has 82 heavy (non-hydrogen) atoms. The molecule has 0 aromatic rings. The number of hydrogen-bond donors (Lipinski definition) is 2. The SMILES string of the molecule is CC/C=C\C/C=C\C/C=C\C/C=C\C/C=C\CCCC(=O)OC(CO)COP(=O)(O)OCC(COC(=O)CCCCCCCCCCC/C=C\C/C=C\CCCCC)OC(=O)CCCCCCCCCCCCCCCCCCCCC. The predicted molar refractivity (Wildman–Crippen MR) is 344 cm³/mol. The lowest BCUT2D eigenvalue weighted by molar-refractivity contribution is -0.161. The van der Waals surface area contributed by atoms with Crippen molar-refractivity contribution in [1.29, 1.82) is 0 Å². The van der Waals surface area contributed by atoms with E-state index >= 15 is 0 Å². The van der Waals surface area contributed by atoms with Crippen LogP contribution < -0.4 is 0 Å². The zero-order valence-corrected chi connectivity index (χ0v) is 53.6. The average Bonchev–Trinajstić information content (AvgIpc) is 3.49. The molecule has 3 unspecified atom stereocenters. The first kappa shape index (κ1) is 78.7. The molecule has 0 radical (unpaired) electrons. The highest BCUT2D eigenvalue weighted by Crippen LogP contribution is 2.43. The van der Waals surface area contributed by atoms with Crippen LogP contribution in [0.4, 0.5) is 0 Å². The number of rotatable bonds is 62. The Bertz CT molecular complexity index is 1700. The Balaban J connectivity index is 4.73. The minimum atomic E-state index is -4.77. The lowest BCUT2D eigenvalue weighted by Crippen LogP contribution is -2.30. The molecule has 0 saturated heterocycles. The van der Waals surface area contributed by atoms with Crippen molar-refractivity contribution in [2.45, 2.75) is 315 Å². The van der Waals surface area contributed by atoms with Crippen molar-refractivity contribution in [1.82, 2.24) is 0 Å². The zero-order valence-electron chi connectivity index (χ0n) is 52.7. The number of ether oxygens (including phenoxy) is 3. The molecule has 0 amide bonds. The number of hydrogen-bond acceptors (Lipinski definition) is 10. The number of aliphatic hydroxyl groups excluding tert-OH is 1. The summed E-state index contributed by atoms with van der Waals surface area (Å²) in [4.78, 5) is 48.8. The molecule has 0 rings (SSSR count). The number of carbonyl (C=O) groups excluding carboxylic acids is 3. The number of carbonyl (C=O) groups is 3. The van der Waals surface area contributed by atoms with Crippen molar-refractivity contribution >= 4 is 25.7 Å². The van der Waals surface area contributed by atoms with Crippen LogP contribution in [0, 0.1) is 0 Å². The highest BCUT2D eigenvalue weighted by atomic mass is 31.2. The summed E-state index contributed by atoms with van der Waals surface area (Å²) in [6.45, 7) is 4.50. The Kier molecular flexibility index (Phi) is 61.1. The normalized spacial score (nSPS) is 13.8. The van der Waals surface area contributed by atoms with Crippen LogP contribution in [0.3, 0.4) is 0 Å². The van der Waals surface area contributed by atoms with Gasteiger partial charge >= 0.3 is 25.7 Å². The van der Waals surface area contributed by atoms with E-state index in [9.17, 15) is 28.9 Å². The quantitative estimate of drug-likeness (QED) is 0.0197. The van der Waals surface area contributed by atoms with Gasteiger partial charge in [0.05, 0.1) is 19.8 Å². The summed E-state index contributed by atoms with van der Waals surface area (Å²) in [5.41, 5.74) is 0. The maximum atomic E-state index is 13.0. The number of phosphoric acid groups is 1. The standard InChI is InChI=1S/C70H123O11P/c1-4-7-10-13-16-19-22-25-28-31-33-36-38-41-44-47-50-53-56-59-68(72)77-63-67(81-70(74)61-58-55-52-49-46-43-40-37-34-32-29-26-23-20-17-14-11-8-5-2)65-79-82(75,76)78-64-66(62-71)80-69(73)60-57-54-51-48-45-42-39-35-30-27-24-21-18-15-12-9-6-3/h9,12,16,18-19,21,25,27-28,30,39,42,48,51,66-67,71H,4-8,10-11,13-15,17,20,22-24,26,29,31-38,40-41,43-47,49-50,52-65H2,1-3H3,(H,75,76)/b12-9-,19-16-,21-18-,28-25-,30-27-,42-39-,51-48-. The molecule has 0 aliphatic heterocycles. The molecule has 0 aromatic heterocycles. The van der Waals surface area contributed by atoms with Gasteiger partial charge in [-0.15, -0.1) is 0 Å². The Morgan fingerprint density at radius 1 is 0.354 bits per heavy atom. The summed E-state index contributed by atoms with van der Waals surface area (Å²) >= 11 is 0. The van der Waals surface area contributed by atoms with Gasteiger partial charge in [0.15, 0.2) is 6.10 Å². The second-order valence-corrected chi connectivity index (χ2v) is 23.7. The average molecular weight is 1170 g/mol. The predicted octanol–water partition coefficient (Wildman–Crippen LogP) is 20.6. The van der Waals surface area contributed by atoms with Crippen LogP contribution in [0.2, 0.25) is 0 Å². The lowest BCUT2D eigenvalue weighted by Gasteiger charge is -2.21. The fraction of sp³-hybridized carbons (Fsp3) is 0.757. The Morgan fingerprint density at radius 3 is 1.05 bits per heavy atom. The van der Waals surface area contributed by atoms with Gasteiger partial charge < -0.3 is 24.2 Å². The first-order valence-electron chi connectivity index (χ1n) is 33.5. The summed E-state index contributed by atoms with van der Waals surface area (Å²) < 4.78 is 39.7. The Hall–Kier alpha value is -3.34. The topological polar surface area (TPSA) is 155 Å². The molecular formula is C70H123O11P. The maximum Gasteiger partial charge on any atom is 0.472 e. The van der Waals surface area contributed by atoms with Crippen LogP contribution in [0.5, 0.6) is 0 Å². The van der Waals surface area contributed by atoms with Crippen molar-refractivity contribution < 1.29 is 52.2 Å². The van der Waals surface area contributed by atoms with Gasteiger partial charge in [0.2, 0.25) is 0 Å². The summed E-state index contributed by atoms with van der Waals surface area (Å²) in [5, 5.41) is 9.85. The van der Waals surface area contributed by atoms with Gasteiger partial charge in [-0.05, 0) is 89.9 Å². The third-order valence-electron chi connectivity index (χ3n) is 14.3. The van der Waals surface area contributed by atoms with Crippen LogP contribution in [-0.4, -0.2) is 66.5 Å². The molecule has 0 aliphatic rings. The van der Waals surface area contributed by atoms with E-state index in [1.54, 1.807) is 0 Å². The van der Waals surface area contributed by atoms with Crippen molar-refractivity contribution in [3.05, 3.63) is 85.1 Å². The molecule has 474 valence electrons. The van der Waals surface area contributed by atoms with Crippen molar-refractivity contribution in [3.8, 4) is 0 Å². The van der Waals surface area contributed by atoms with Gasteiger partial charge in [0.25, 0.3) is 0 Å². The van der Waals surface area contributed by atoms with Gasteiger partial charge in [-0.3, -0.25) is 23.4 Å². The summed E-state index contributed by atoms with van der Waals surface area (Å²) in [6, 6.07) is 0. The Labute approximate surface area is 502 Å². The number of unbranched alkanes of at least 4 members (excludes halogenated alkanes) is 31. The molecule has 2 N–H and O–H groups in total. The van der Waals surface area contributed by atoms with Crippen LogP contribution in [0.1, 0.15) is 303 Å². The molecule has 0 aromatic carbocycles. The van der Waals surface area contributed by atoms with Crippen LogP contribution in [0.15, 0.2) is 85.1 Å². The highest BCUT2D eigenvalue weighted by molar-refractivity contribution is 7.47. The summed E-state index contributed by atoms with van der Waals surface area (Å²) in [5.74, 6) is -1.52. The minimum Gasteiger partial charge on any atom is -0.462 e. The van der Waals surface area contributed by atoms with Crippen LogP contribution in [-0.2, 0) is 42.2 Å². The first-order chi connectivity index (χ1) is 40.2. The van der Waals surface area contributed by atoms with Crippen molar-refractivity contribution in [2.75, 3.05) is 26.4 Å². The van der Waals surface area contributed by atoms with Crippen molar-refractivity contribution in [2.24, 2.45) is 0 Å². The highest BCUT2D eigenvalue weighted by Gasteiger charge is 2.28. The second-order valence-electron chi connectivity index (χ2n) is 22.3. The number of allylic oxidation sites excluding steroid dienone is 14. The Morgan fingerprint density at radius 2 is 0.646 bits per heavy atom. The monoisotopic (exact) mass is 1170 g/mol. The van der Waals surface area contributed by atoms with E-state index in [0.717, 1.165) is 83.5 Å². The van der Waals surface area contributed by atoms with Gasteiger partial charge in [0.1, 0.15) is 12.7 Å². The van der Waals surface area contributed by atoms with E-state index in [1.165, 1.54) is 154 Å². The second kappa shape index (κ2) is 63.7. The molecule has 3 atom stereocenters. The van der Waals surface area contributed by atoms with Crippen LogP contribution >= 0.6 is 7.82 Å². The zero-order chi connectivity index (χ0) is 59.8. The lowest BCUT2D eigenvalue weighted by atomic mass is 10.0. The fourth-order valence-corrected chi connectivity index (χ4v) is 10.0. The largest absolute Gasteiger partial charge is 0.472 e. The number of esters is 3. The van der Waals surface area contributed by atoms with E-state index in [2.05, 4.69) is 93.7 Å². The van der Waals surface area contributed by atoms with E-state index in [-0.39, 0.29) is 25.9 Å². The van der Waals surface area contributed by atoms with Gasteiger partial charge in [-0.25, -0.2) is 4.57 Å². The van der Waals surface area contributed by atoms with E-state index in [0.29, 0.717) is 25.7 Å². The molecule has 0 fully saturated rings. The van der Waals surface area contributed by atoms with Gasteiger partial charge in [0, 0.05) is 19.3 Å². The summed E-state index contributed by atoms with van der Waals surface area (Å²) in [7, 11) is -4.77. The molecule has 0 saturated carbocycles. The molecular weight excluding hydrogens is 1050 g/mol. The van der Waals surface area contributed by atoms with E-state index in [4.69, 9.17) is 23.3 Å². The summed E-state index contributed by atoms with van der Waals surface area (Å²) in [6.07, 6.45) is 75.4. The molecule has 0 aliphatic carbocycles. The number of aliphatic hydroxyl groups is 1. The number of phosphoric ester groups is 1. The van der Waals surface area contributed by atoms with Crippen molar-refractivity contribution in [3.63, 3.8) is 0 Å². The molecule has 12 heteroatoms. The fourth-order valence-electron chi connectivity index (χ4n) is 9.25. The van der Waals surface area contributed by atoms with Crippen LogP contribution in [0.25, 0.3) is 0 Å². The third kappa shape index (κ3) is 61.2. The molecule has 0 bridgehead atoms. The molecule has 0 heterocycles. The smallest absolute Gasteiger partial charge is 0.462 e. The van der Waals surface area contributed by atoms with E-state index in [1.807, 2.05) is 12.2 Å². The van der Waals surface area contributed by atoms with Gasteiger partial charge in [-0.1, -0.05) is 279 Å². The van der Waals surface area contributed by atoms with E-state index < -0.39 is 57.8 Å². The molecule has 11 nitrogen and oxygen atoms in total. The molecule has 0 spiro atoms. The third-order valence-corrected chi connectivity index (χ3v) is 15.3. The first-order valence-corrected chi connectivity index (χ1v) is 35.0. The van der Waals surface area contributed by atoms with Gasteiger partial charge in [-0.2, -0.15) is 0 Å². The minimum absolute atomic E-state index is 0.0974. The maximum absolute atomic E-state index is 13.0.